The third-order valence-electron chi connectivity index (χ3n) is 1.64. The van der Waals surface area contributed by atoms with E-state index in [0.29, 0.717) is 0 Å². The number of rotatable bonds is 2. The molecule has 1 aromatic carbocycles. The maximum absolute atomic E-state index is 11.0. The van der Waals surface area contributed by atoms with Gasteiger partial charge in [-0.1, -0.05) is 12.1 Å². The Hall–Kier alpha value is 0.01000. The van der Waals surface area contributed by atoms with Crippen molar-refractivity contribution in [1.29, 1.82) is 0 Å². The summed E-state index contributed by atoms with van der Waals surface area (Å²) >= 11 is 13.5. The summed E-state index contributed by atoms with van der Waals surface area (Å²) in [5.41, 5.74) is 0.765. The molecule has 0 saturated carbocycles. The average molecular weight is 280 g/mol. The Labute approximate surface area is 96.0 Å². The van der Waals surface area contributed by atoms with Gasteiger partial charge in [-0.25, -0.2) is 0 Å². The van der Waals surface area contributed by atoms with Crippen LogP contribution in [0.5, 0.6) is 0 Å². The average Bonchev–Trinajstić information content (AvgIpc) is 2.08. The summed E-state index contributed by atoms with van der Waals surface area (Å²) in [6.07, 6.45) is 0. The first-order valence-corrected chi connectivity index (χ1v) is 5.33. The van der Waals surface area contributed by atoms with E-state index in [0.717, 1.165) is 14.9 Å². The molecule has 1 unspecified atom stereocenters. The third kappa shape index (κ3) is 2.48. The first-order valence-electron chi connectivity index (χ1n) is 3.66. The summed E-state index contributed by atoms with van der Waals surface area (Å²) in [6.45, 7) is 1.47. The maximum atomic E-state index is 11.0. The first-order chi connectivity index (χ1) is 6.04. The van der Waals surface area contributed by atoms with E-state index < -0.39 is 5.38 Å². The molecule has 0 radical (unpaired) electrons. The highest BCUT2D eigenvalue weighted by Gasteiger charge is 2.16. The lowest BCUT2D eigenvalue weighted by Gasteiger charge is -2.09. The molecule has 1 atom stereocenters. The van der Waals surface area contributed by atoms with Gasteiger partial charge in [0, 0.05) is 9.37 Å². The molecule has 0 amide bonds. The Kier molecular flexibility index (Phi) is 3.83. The fourth-order valence-electron chi connectivity index (χ4n) is 0.952. The Bertz CT molecular complexity index is 340. The van der Waals surface area contributed by atoms with Crippen LogP contribution in [0.2, 0.25) is 0 Å². The van der Waals surface area contributed by atoms with E-state index in [-0.39, 0.29) is 5.78 Å². The van der Waals surface area contributed by atoms with Gasteiger partial charge in [0.25, 0.3) is 0 Å². The van der Waals surface area contributed by atoms with Crippen LogP contribution in [-0.2, 0) is 4.79 Å². The van der Waals surface area contributed by atoms with Gasteiger partial charge in [0.1, 0.15) is 5.38 Å². The maximum Gasteiger partial charge on any atom is 0.152 e. The standard InChI is InChI=1S/C9H8BrClOS/c1-5(12)9(11)6-3-2-4-7(13)8(6)10/h2-4,9,13H,1H3. The second-order valence-electron chi connectivity index (χ2n) is 2.65. The lowest BCUT2D eigenvalue weighted by atomic mass is 10.1. The number of Topliss-reactive ketones (excluding diaryl/α,β-unsaturated/α-hetero) is 1. The molecule has 4 heteroatoms. The second kappa shape index (κ2) is 4.49. The molecule has 0 aliphatic rings. The highest BCUT2D eigenvalue weighted by molar-refractivity contribution is 9.10. The molecule has 0 fully saturated rings. The van der Waals surface area contributed by atoms with E-state index in [4.69, 9.17) is 11.6 Å². The van der Waals surface area contributed by atoms with Crippen molar-refractivity contribution in [2.75, 3.05) is 0 Å². The summed E-state index contributed by atoms with van der Waals surface area (Å²) in [5.74, 6) is -0.0682. The third-order valence-corrected chi connectivity index (χ3v) is 3.74. The SMILES string of the molecule is CC(=O)C(Cl)c1cccc(S)c1Br. The van der Waals surface area contributed by atoms with Crippen molar-refractivity contribution in [3.63, 3.8) is 0 Å². The Balaban J connectivity index is 3.15. The number of carbonyl (C=O) groups excluding carboxylic acids is 1. The van der Waals surface area contributed by atoms with Crippen molar-refractivity contribution in [3.8, 4) is 0 Å². The molecule has 13 heavy (non-hydrogen) atoms. The van der Waals surface area contributed by atoms with Crippen LogP contribution in [-0.4, -0.2) is 5.78 Å². The van der Waals surface area contributed by atoms with Crippen LogP contribution in [0.25, 0.3) is 0 Å². The van der Waals surface area contributed by atoms with Gasteiger partial charge in [0.15, 0.2) is 5.78 Å². The molecule has 1 rings (SSSR count). The van der Waals surface area contributed by atoms with Crippen molar-refractivity contribution in [2.24, 2.45) is 0 Å². The Morgan fingerprint density at radius 3 is 2.77 bits per heavy atom. The number of benzene rings is 1. The Morgan fingerprint density at radius 1 is 1.62 bits per heavy atom. The zero-order valence-corrected chi connectivity index (χ0v) is 10.2. The van der Waals surface area contributed by atoms with Crippen LogP contribution in [0.15, 0.2) is 27.6 Å². The largest absolute Gasteiger partial charge is 0.298 e. The summed E-state index contributed by atoms with van der Waals surface area (Å²) in [6, 6.07) is 5.46. The highest BCUT2D eigenvalue weighted by Crippen LogP contribution is 2.32. The van der Waals surface area contributed by atoms with Gasteiger partial charge < -0.3 is 0 Å². The van der Waals surface area contributed by atoms with Crippen LogP contribution in [0.3, 0.4) is 0 Å². The summed E-state index contributed by atoms with van der Waals surface area (Å²) in [5, 5.41) is -0.596. The summed E-state index contributed by atoms with van der Waals surface area (Å²) < 4.78 is 0.786. The lowest BCUT2D eigenvalue weighted by molar-refractivity contribution is -0.116. The molecule has 0 spiro atoms. The van der Waals surface area contributed by atoms with Gasteiger partial charge >= 0.3 is 0 Å². The van der Waals surface area contributed by atoms with E-state index in [9.17, 15) is 4.79 Å². The number of hydrogen-bond acceptors (Lipinski definition) is 2. The number of ketones is 1. The van der Waals surface area contributed by atoms with Crippen molar-refractivity contribution in [2.45, 2.75) is 17.2 Å². The smallest absolute Gasteiger partial charge is 0.152 e. The van der Waals surface area contributed by atoms with Crippen molar-refractivity contribution < 1.29 is 4.79 Å². The summed E-state index contributed by atoms with van der Waals surface area (Å²) in [7, 11) is 0. The number of halogens is 2. The zero-order valence-electron chi connectivity index (χ0n) is 6.92. The van der Waals surface area contributed by atoms with Gasteiger partial charge in [0.2, 0.25) is 0 Å². The van der Waals surface area contributed by atoms with Gasteiger partial charge in [0.05, 0.1) is 0 Å². The van der Waals surface area contributed by atoms with Crippen LogP contribution in [0.4, 0.5) is 0 Å². The van der Waals surface area contributed by atoms with Gasteiger partial charge in [-0.15, -0.1) is 24.2 Å². The monoisotopic (exact) mass is 278 g/mol. The van der Waals surface area contributed by atoms with Crippen LogP contribution < -0.4 is 0 Å². The van der Waals surface area contributed by atoms with Crippen LogP contribution in [0, 0.1) is 0 Å². The minimum atomic E-state index is -0.596. The van der Waals surface area contributed by atoms with Gasteiger partial charge in [-0.2, -0.15) is 0 Å². The van der Waals surface area contributed by atoms with Crippen LogP contribution >= 0.6 is 40.2 Å². The van der Waals surface area contributed by atoms with E-state index in [2.05, 4.69) is 28.6 Å². The topological polar surface area (TPSA) is 17.1 Å². The molecule has 0 N–H and O–H groups in total. The van der Waals surface area contributed by atoms with E-state index in [1.165, 1.54) is 6.92 Å². The molecule has 70 valence electrons. The number of alkyl halides is 1. The predicted octanol–water partition coefficient (Wildman–Crippen LogP) is 3.61. The number of hydrogen-bond donors (Lipinski definition) is 1. The fourth-order valence-corrected chi connectivity index (χ4v) is 1.97. The summed E-state index contributed by atoms with van der Waals surface area (Å²) in [4.78, 5) is 11.8. The van der Waals surface area contributed by atoms with Gasteiger partial charge in [-0.05, 0) is 34.5 Å². The Morgan fingerprint density at radius 2 is 2.23 bits per heavy atom. The molecule has 1 nitrogen and oxygen atoms in total. The molecule has 0 aliphatic heterocycles. The normalized spacial score (nSPS) is 12.6. The number of carbonyl (C=O) groups is 1. The quantitative estimate of drug-likeness (QED) is 0.646. The second-order valence-corrected chi connectivity index (χ2v) is 4.36. The molecule has 0 aromatic heterocycles. The highest BCUT2D eigenvalue weighted by atomic mass is 79.9. The number of thiol groups is 1. The van der Waals surface area contributed by atoms with Crippen LogP contribution in [0.1, 0.15) is 17.9 Å². The fraction of sp³-hybridized carbons (Fsp3) is 0.222. The van der Waals surface area contributed by atoms with Crippen molar-refractivity contribution in [3.05, 3.63) is 28.2 Å². The van der Waals surface area contributed by atoms with E-state index in [1.807, 2.05) is 18.2 Å². The minimum Gasteiger partial charge on any atom is -0.298 e. The minimum absolute atomic E-state index is 0.0682. The zero-order chi connectivity index (χ0) is 10.0. The van der Waals surface area contributed by atoms with Crippen molar-refractivity contribution in [1.82, 2.24) is 0 Å². The van der Waals surface area contributed by atoms with E-state index in [1.54, 1.807) is 0 Å². The molecule has 0 aliphatic carbocycles. The van der Waals surface area contributed by atoms with E-state index >= 15 is 0 Å². The molecule has 0 bridgehead atoms. The molecule has 0 heterocycles. The predicted molar refractivity (Wildman–Crippen MR) is 60.7 cm³/mol. The first kappa shape index (κ1) is 11.1. The molecule has 0 saturated heterocycles. The van der Waals surface area contributed by atoms with Gasteiger partial charge in [-0.3, -0.25) is 4.79 Å². The van der Waals surface area contributed by atoms with Crippen molar-refractivity contribution >= 4 is 45.9 Å². The molecular formula is C9H8BrClOS. The molecular weight excluding hydrogens is 272 g/mol. The molecule has 1 aromatic rings. The lowest BCUT2D eigenvalue weighted by Crippen LogP contribution is -2.02.